The van der Waals surface area contributed by atoms with Gasteiger partial charge in [-0.3, -0.25) is 0 Å². The van der Waals surface area contributed by atoms with Crippen LogP contribution in [0.25, 0.3) is 0 Å². The Labute approximate surface area is 140 Å². The Kier molecular flexibility index (Phi) is 5.74. The molecule has 1 aromatic carbocycles. The summed E-state index contributed by atoms with van der Waals surface area (Å²) < 4.78 is 11.0. The van der Waals surface area contributed by atoms with Crippen LogP contribution in [0.2, 0.25) is 0 Å². The average Bonchev–Trinajstić information content (AvgIpc) is 3.09. The molecule has 1 aliphatic rings. The standard InChI is InChI=1S/C16H22N4O2S/c1-21-14-9-5-6-10-15(14)22-11-12-23-16-17-19-20(18-16)13-7-3-2-4-8-13/h5-6,9-10,13H,2-4,7-8,11-12H2,1H3. The van der Waals surface area contributed by atoms with Crippen molar-refractivity contribution in [3.63, 3.8) is 0 Å². The minimum absolute atomic E-state index is 0.426. The number of methoxy groups -OCH3 is 1. The molecule has 0 saturated heterocycles. The predicted octanol–water partition coefficient (Wildman–Crippen LogP) is 3.36. The third kappa shape index (κ3) is 4.37. The Morgan fingerprint density at radius 3 is 2.74 bits per heavy atom. The summed E-state index contributed by atoms with van der Waals surface area (Å²) in [5, 5.41) is 13.5. The lowest BCUT2D eigenvalue weighted by Crippen LogP contribution is -2.15. The molecule has 23 heavy (non-hydrogen) atoms. The number of tetrazole rings is 1. The van der Waals surface area contributed by atoms with Crippen molar-refractivity contribution in [1.29, 1.82) is 0 Å². The van der Waals surface area contributed by atoms with Crippen molar-refractivity contribution in [3.05, 3.63) is 24.3 Å². The molecule has 3 rings (SSSR count). The molecule has 1 heterocycles. The van der Waals surface area contributed by atoms with Gasteiger partial charge in [0.1, 0.15) is 0 Å². The van der Waals surface area contributed by atoms with Crippen LogP contribution in [-0.4, -0.2) is 39.7 Å². The van der Waals surface area contributed by atoms with E-state index in [1.165, 1.54) is 19.3 Å². The number of hydrogen-bond donors (Lipinski definition) is 0. The molecule has 7 heteroatoms. The van der Waals surface area contributed by atoms with Crippen molar-refractivity contribution in [3.8, 4) is 11.5 Å². The van der Waals surface area contributed by atoms with Gasteiger partial charge in [-0.15, -0.1) is 10.2 Å². The number of thioether (sulfide) groups is 1. The zero-order chi connectivity index (χ0) is 15.9. The van der Waals surface area contributed by atoms with Gasteiger partial charge in [0.15, 0.2) is 11.5 Å². The maximum Gasteiger partial charge on any atom is 0.231 e. The molecule has 1 aliphatic carbocycles. The predicted molar refractivity (Wildman–Crippen MR) is 89.2 cm³/mol. The topological polar surface area (TPSA) is 62.1 Å². The van der Waals surface area contributed by atoms with Crippen LogP contribution in [-0.2, 0) is 0 Å². The fourth-order valence-electron chi connectivity index (χ4n) is 2.76. The smallest absolute Gasteiger partial charge is 0.231 e. The maximum atomic E-state index is 5.74. The minimum atomic E-state index is 0.426. The van der Waals surface area contributed by atoms with Crippen molar-refractivity contribution in [1.82, 2.24) is 20.2 Å². The molecule has 1 fully saturated rings. The van der Waals surface area contributed by atoms with Crippen molar-refractivity contribution >= 4 is 11.8 Å². The summed E-state index contributed by atoms with van der Waals surface area (Å²) in [6.45, 7) is 0.572. The summed E-state index contributed by atoms with van der Waals surface area (Å²) in [6, 6.07) is 8.08. The molecule has 6 nitrogen and oxygen atoms in total. The Hall–Kier alpha value is -1.76. The fraction of sp³-hybridized carbons (Fsp3) is 0.562. The third-order valence-electron chi connectivity index (χ3n) is 3.95. The first-order chi connectivity index (χ1) is 11.4. The number of hydrogen-bond acceptors (Lipinski definition) is 6. The monoisotopic (exact) mass is 334 g/mol. The first-order valence-corrected chi connectivity index (χ1v) is 9.03. The Bertz CT molecular complexity index is 614. The summed E-state index contributed by atoms with van der Waals surface area (Å²) in [7, 11) is 1.64. The van der Waals surface area contributed by atoms with Crippen LogP contribution in [0.4, 0.5) is 0 Å². The van der Waals surface area contributed by atoms with Gasteiger partial charge >= 0.3 is 0 Å². The number of ether oxygens (including phenoxy) is 2. The van der Waals surface area contributed by atoms with Gasteiger partial charge in [0.2, 0.25) is 5.16 Å². The highest BCUT2D eigenvalue weighted by molar-refractivity contribution is 7.99. The third-order valence-corrected chi connectivity index (χ3v) is 4.74. The van der Waals surface area contributed by atoms with E-state index in [2.05, 4.69) is 15.4 Å². The van der Waals surface area contributed by atoms with E-state index in [9.17, 15) is 0 Å². The van der Waals surface area contributed by atoms with Crippen molar-refractivity contribution in [2.24, 2.45) is 0 Å². The van der Waals surface area contributed by atoms with Crippen molar-refractivity contribution in [2.75, 3.05) is 19.5 Å². The highest BCUT2D eigenvalue weighted by atomic mass is 32.2. The SMILES string of the molecule is COc1ccccc1OCCSc1nnn(C2CCCCC2)n1. The lowest BCUT2D eigenvalue weighted by Gasteiger charge is -2.19. The number of aromatic nitrogens is 4. The molecule has 0 atom stereocenters. The Morgan fingerprint density at radius 1 is 1.17 bits per heavy atom. The summed E-state index contributed by atoms with van der Waals surface area (Å²) in [5.41, 5.74) is 0. The summed E-state index contributed by atoms with van der Waals surface area (Å²) >= 11 is 1.57. The molecule has 0 radical (unpaired) electrons. The summed E-state index contributed by atoms with van der Waals surface area (Å²) in [6.07, 6.45) is 6.19. The second kappa shape index (κ2) is 8.19. The highest BCUT2D eigenvalue weighted by Gasteiger charge is 2.18. The maximum absolute atomic E-state index is 5.74. The van der Waals surface area contributed by atoms with Crippen LogP contribution in [0.5, 0.6) is 11.5 Å². The zero-order valence-electron chi connectivity index (χ0n) is 13.4. The quantitative estimate of drug-likeness (QED) is 0.571. The molecular formula is C16H22N4O2S. The molecule has 0 aliphatic heterocycles. The normalized spacial score (nSPS) is 15.5. The van der Waals surface area contributed by atoms with Gasteiger partial charge in [0, 0.05) is 5.75 Å². The van der Waals surface area contributed by atoms with Crippen LogP contribution < -0.4 is 9.47 Å². The first kappa shape index (κ1) is 16.1. The van der Waals surface area contributed by atoms with Gasteiger partial charge in [0.05, 0.1) is 19.8 Å². The van der Waals surface area contributed by atoms with Gasteiger partial charge in [-0.05, 0) is 30.2 Å². The van der Waals surface area contributed by atoms with E-state index in [1.807, 2.05) is 24.3 Å². The van der Waals surface area contributed by atoms with Gasteiger partial charge in [-0.2, -0.15) is 4.80 Å². The molecule has 2 aromatic rings. The molecule has 0 N–H and O–H groups in total. The summed E-state index contributed by atoms with van der Waals surface area (Å²) in [4.78, 5) is 1.79. The molecule has 1 aromatic heterocycles. The van der Waals surface area contributed by atoms with E-state index >= 15 is 0 Å². The zero-order valence-corrected chi connectivity index (χ0v) is 14.2. The lowest BCUT2D eigenvalue weighted by atomic mass is 9.96. The van der Waals surface area contributed by atoms with Crippen LogP contribution in [0.3, 0.4) is 0 Å². The average molecular weight is 334 g/mol. The van der Waals surface area contributed by atoms with Gasteiger partial charge < -0.3 is 9.47 Å². The Balaban J connectivity index is 1.45. The number of para-hydroxylation sites is 2. The molecule has 124 valence electrons. The van der Waals surface area contributed by atoms with E-state index in [0.29, 0.717) is 12.6 Å². The second-order valence-corrected chi connectivity index (χ2v) is 6.59. The van der Waals surface area contributed by atoms with E-state index in [4.69, 9.17) is 9.47 Å². The van der Waals surface area contributed by atoms with Crippen molar-refractivity contribution in [2.45, 2.75) is 43.3 Å². The lowest BCUT2D eigenvalue weighted by molar-refractivity contribution is 0.296. The molecule has 0 amide bonds. The van der Waals surface area contributed by atoms with E-state index < -0.39 is 0 Å². The summed E-state index contributed by atoms with van der Waals surface area (Å²) in [5.74, 6) is 2.28. The van der Waals surface area contributed by atoms with Crippen LogP contribution in [0.1, 0.15) is 38.1 Å². The van der Waals surface area contributed by atoms with Gasteiger partial charge in [0.25, 0.3) is 0 Å². The fourth-order valence-corrected chi connectivity index (χ4v) is 3.34. The van der Waals surface area contributed by atoms with E-state index in [-0.39, 0.29) is 0 Å². The Morgan fingerprint density at radius 2 is 1.96 bits per heavy atom. The molecule has 0 unspecified atom stereocenters. The van der Waals surface area contributed by atoms with Gasteiger partial charge in [-0.1, -0.05) is 43.2 Å². The molecule has 0 spiro atoms. The second-order valence-electron chi connectivity index (χ2n) is 5.53. The molecular weight excluding hydrogens is 312 g/mol. The number of rotatable bonds is 7. The van der Waals surface area contributed by atoms with E-state index in [1.54, 1.807) is 23.7 Å². The molecule has 1 saturated carbocycles. The highest BCUT2D eigenvalue weighted by Crippen LogP contribution is 2.28. The van der Waals surface area contributed by atoms with E-state index in [0.717, 1.165) is 35.2 Å². The number of nitrogens with zero attached hydrogens (tertiary/aromatic N) is 4. The van der Waals surface area contributed by atoms with Crippen LogP contribution in [0, 0.1) is 0 Å². The first-order valence-electron chi connectivity index (χ1n) is 8.05. The largest absolute Gasteiger partial charge is 0.493 e. The number of benzene rings is 1. The van der Waals surface area contributed by atoms with Gasteiger partial charge in [-0.25, -0.2) is 0 Å². The van der Waals surface area contributed by atoms with Crippen LogP contribution >= 0.6 is 11.8 Å². The molecule has 0 bridgehead atoms. The minimum Gasteiger partial charge on any atom is -0.493 e. The van der Waals surface area contributed by atoms with Crippen molar-refractivity contribution < 1.29 is 9.47 Å². The van der Waals surface area contributed by atoms with Crippen LogP contribution in [0.15, 0.2) is 29.4 Å².